The number of carbonyl (C=O) groups excluding carboxylic acids is 1. The third-order valence-electron chi connectivity index (χ3n) is 3.89. The molecule has 1 heterocycles. The Balaban J connectivity index is 0.000000520. The molecule has 3 nitrogen and oxygen atoms in total. The number of aryl methyl sites for hydroxylation is 2. The fourth-order valence-corrected chi connectivity index (χ4v) is 2.29. The average Bonchev–Trinajstić information content (AvgIpc) is 2.70. The van der Waals surface area contributed by atoms with Gasteiger partial charge in [0, 0.05) is 30.7 Å². The predicted molar refractivity (Wildman–Crippen MR) is 115 cm³/mol. The Morgan fingerprint density at radius 1 is 1.25 bits per heavy atom. The number of terminal acetylenes is 1. The van der Waals surface area contributed by atoms with Gasteiger partial charge in [0.25, 0.3) is 0 Å². The molecular weight excluding hydrogens is 351 g/mol. The number of allylic oxidation sites excluding steroid dienone is 2. The number of rotatable bonds is 6. The van der Waals surface area contributed by atoms with Crippen molar-refractivity contribution in [3.05, 3.63) is 89.2 Å². The molecule has 2 rings (SSSR count). The smallest absolute Gasteiger partial charge is 0.161 e. The molecule has 0 aliphatic heterocycles. The quantitative estimate of drug-likeness (QED) is 0.444. The van der Waals surface area contributed by atoms with Crippen LogP contribution in [0.5, 0.6) is 0 Å². The number of carbonyl (C=O) groups is 1. The maximum Gasteiger partial charge on any atom is 0.161 e. The summed E-state index contributed by atoms with van der Waals surface area (Å²) in [6, 6.07) is 9.19. The Kier molecular flexibility index (Phi) is 12.4. The molecular formula is C24H29FN2O. The zero-order valence-electron chi connectivity index (χ0n) is 17.1. The van der Waals surface area contributed by atoms with Gasteiger partial charge < -0.3 is 5.32 Å². The summed E-state index contributed by atoms with van der Waals surface area (Å²) in [4.78, 5) is 15.3. The molecule has 0 fully saturated rings. The molecule has 0 aliphatic carbocycles. The molecule has 0 radical (unpaired) electrons. The van der Waals surface area contributed by atoms with Crippen LogP contribution in [0.25, 0.3) is 0 Å². The van der Waals surface area contributed by atoms with E-state index in [0.717, 1.165) is 23.1 Å². The van der Waals surface area contributed by atoms with Crippen LogP contribution in [0.1, 0.15) is 30.5 Å². The lowest BCUT2D eigenvalue weighted by molar-refractivity contribution is -0.113. The van der Waals surface area contributed by atoms with Gasteiger partial charge in [0.2, 0.25) is 0 Å². The molecule has 1 aromatic carbocycles. The number of nitrogens with one attached hydrogen (secondary N) is 1. The highest BCUT2D eigenvalue weighted by molar-refractivity contribution is 5.97. The average molecular weight is 381 g/mol. The van der Waals surface area contributed by atoms with E-state index in [9.17, 15) is 9.18 Å². The van der Waals surface area contributed by atoms with E-state index in [1.807, 2.05) is 44.2 Å². The standard InChI is InChI=1S/C13H16N2O.C9H11F.C2H2/c1-10(14-3)13(11(2)16)5-4-12-6-8-15-9-7-12;1-3-8-5-4-7(2)6-9(8)10;1-2/h5-9,14H,1,4H2,2-3H3;4-6H,3H2,1-2H3;1-2H/b13-5+;;. The SMILES string of the molecule is C#C.C=C(NC)/C(=C\Cc1ccncc1)C(C)=O.CCc1ccc(C)cc1F. The summed E-state index contributed by atoms with van der Waals surface area (Å²) in [5, 5.41) is 2.89. The second kappa shape index (κ2) is 13.9. The fourth-order valence-electron chi connectivity index (χ4n) is 2.29. The summed E-state index contributed by atoms with van der Waals surface area (Å²) in [7, 11) is 1.76. The molecule has 0 saturated carbocycles. The number of ketones is 1. The number of aromatic nitrogens is 1. The normalized spacial score (nSPS) is 9.89. The molecule has 148 valence electrons. The molecule has 1 aromatic heterocycles. The molecule has 4 heteroatoms. The van der Waals surface area contributed by atoms with Crippen molar-refractivity contribution in [3.8, 4) is 12.8 Å². The number of benzene rings is 1. The van der Waals surface area contributed by atoms with Crippen molar-refractivity contribution < 1.29 is 9.18 Å². The summed E-state index contributed by atoms with van der Waals surface area (Å²) < 4.78 is 12.9. The summed E-state index contributed by atoms with van der Waals surface area (Å²) in [5.74, 6) is -0.0593. The van der Waals surface area contributed by atoms with Crippen LogP contribution in [0.3, 0.4) is 0 Å². The molecule has 0 saturated heterocycles. The Morgan fingerprint density at radius 2 is 1.86 bits per heavy atom. The zero-order chi connectivity index (χ0) is 21.5. The number of Topliss-reactive ketones (excluding diaryl/α,β-unsaturated/α-hetero) is 1. The first-order valence-corrected chi connectivity index (χ1v) is 8.94. The van der Waals surface area contributed by atoms with Crippen molar-refractivity contribution in [3.63, 3.8) is 0 Å². The van der Waals surface area contributed by atoms with E-state index in [0.29, 0.717) is 17.7 Å². The fraction of sp³-hybridized carbons (Fsp3) is 0.250. The highest BCUT2D eigenvalue weighted by Crippen LogP contribution is 2.10. The van der Waals surface area contributed by atoms with E-state index in [4.69, 9.17) is 0 Å². The zero-order valence-corrected chi connectivity index (χ0v) is 17.1. The monoisotopic (exact) mass is 380 g/mol. The van der Waals surface area contributed by atoms with Gasteiger partial charge in [-0.1, -0.05) is 31.7 Å². The van der Waals surface area contributed by atoms with Crippen LogP contribution in [0, 0.1) is 25.6 Å². The van der Waals surface area contributed by atoms with Gasteiger partial charge in [-0.2, -0.15) is 0 Å². The van der Waals surface area contributed by atoms with E-state index in [1.54, 1.807) is 32.4 Å². The number of hydrogen-bond acceptors (Lipinski definition) is 3. The number of nitrogens with zero attached hydrogens (tertiary/aromatic N) is 1. The molecule has 0 unspecified atom stereocenters. The number of hydrogen-bond donors (Lipinski definition) is 1. The van der Waals surface area contributed by atoms with Gasteiger partial charge in [0.15, 0.2) is 5.78 Å². The highest BCUT2D eigenvalue weighted by Gasteiger charge is 2.06. The van der Waals surface area contributed by atoms with Crippen molar-refractivity contribution >= 4 is 5.78 Å². The molecule has 28 heavy (non-hydrogen) atoms. The van der Waals surface area contributed by atoms with Crippen molar-refractivity contribution in [2.24, 2.45) is 0 Å². The van der Waals surface area contributed by atoms with Crippen molar-refractivity contribution in [2.45, 2.75) is 33.6 Å². The van der Waals surface area contributed by atoms with Crippen LogP contribution >= 0.6 is 0 Å². The Bertz CT molecular complexity index is 808. The minimum atomic E-state index is -0.0810. The molecule has 0 amide bonds. The van der Waals surface area contributed by atoms with Crippen molar-refractivity contribution in [1.82, 2.24) is 10.3 Å². The molecule has 0 atom stereocenters. The highest BCUT2D eigenvalue weighted by atomic mass is 19.1. The summed E-state index contributed by atoms with van der Waals surface area (Å²) in [6.07, 6.45) is 14.8. The molecule has 0 spiro atoms. The minimum absolute atomic E-state index is 0.0217. The lowest BCUT2D eigenvalue weighted by Gasteiger charge is -2.06. The number of pyridine rings is 1. The van der Waals surface area contributed by atoms with Crippen molar-refractivity contribution in [2.75, 3.05) is 7.05 Å². The Morgan fingerprint density at radius 3 is 2.32 bits per heavy atom. The molecule has 1 N–H and O–H groups in total. The number of likely N-dealkylation sites (N-methyl/N-ethyl adjacent to an activating group) is 1. The molecule has 0 bridgehead atoms. The van der Waals surface area contributed by atoms with E-state index < -0.39 is 0 Å². The lowest BCUT2D eigenvalue weighted by atomic mass is 10.1. The van der Waals surface area contributed by atoms with Gasteiger partial charge in [0.1, 0.15) is 5.82 Å². The third kappa shape index (κ3) is 8.95. The van der Waals surface area contributed by atoms with Crippen LogP contribution in [0.4, 0.5) is 4.39 Å². The summed E-state index contributed by atoms with van der Waals surface area (Å²) >= 11 is 0. The summed E-state index contributed by atoms with van der Waals surface area (Å²) in [5.41, 5.74) is 4.19. The topological polar surface area (TPSA) is 42.0 Å². The first-order valence-electron chi connectivity index (χ1n) is 8.94. The van der Waals surface area contributed by atoms with Gasteiger partial charge in [-0.25, -0.2) is 4.39 Å². The first-order chi connectivity index (χ1) is 13.4. The largest absolute Gasteiger partial charge is 0.388 e. The van der Waals surface area contributed by atoms with E-state index in [2.05, 4.69) is 29.7 Å². The predicted octanol–water partition coefficient (Wildman–Crippen LogP) is 4.82. The van der Waals surface area contributed by atoms with Gasteiger partial charge in [-0.3, -0.25) is 9.78 Å². The van der Waals surface area contributed by atoms with Crippen LogP contribution < -0.4 is 5.32 Å². The lowest BCUT2D eigenvalue weighted by Crippen LogP contribution is -2.12. The van der Waals surface area contributed by atoms with Gasteiger partial charge in [0.05, 0.1) is 0 Å². The van der Waals surface area contributed by atoms with Crippen LogP contribution in [-0.2, 0) is 17.6 Å². The third-order valence-corrected chi connectivity index (χ3v) is 3.89. The second-order valence-corrected chi connectivity index (χ2v) is 5.91. The second-order valence-electron chi connectivity index (χ2n) is 5.91. The number of halogens is 1. The Labute approximate surface area is 168 Å². The maximum atomic E-state index is 12.9. The van der Waals surface area contributed by atoms with Crippen LogP contribution in [-0.4, -0.2) is 17.8 Å². The van der Waals surface area contributed by atoms with Crippen LogP contribution in [0.2, 0.25) is 0 Å². The maximum absolute atomic E-state index is 12.9. The summed E-state index contributed by atoms with van der Waals surface area (Å²) in [6.45, 7) is 9.18. The van der Waals surface area contributed by atoms with E-state index in [1.165, 1.54) is 0 Å². The van der Waals surface area contributed by atoms with Crippen LogP contribution in [0.15, 0.2) is 66.7 Å². The van der Waals surface area contributed by atoms with Gasteiger partial charge >= 0.3 is 0 Å². The molecule has 2 aromatic rings. The Hall–Kier alpha value is -3.19. The van der Waals surface area contributed by atoms with Gasteiger partial charge in [-0.15, -0.1) is 12.8 Å². The van der Waals surface area contributed by atoms with E-state index in [-0.39, 0.29) is 11.6 Å². The molecule has 0 aliphatic rings. The van der Waals surface area contributed by atoms with Crippen molar-refractivity contribution in [1.29, 1.82) is 0 Å². The first kappa shape index (κ1) is 24.8. The minimum Gasteiger partial charge on any atom is -0.388 e. The van der Waals surface area contributed by atoms with Gasteiger partial charge in [-0.05, 0) is 61.6 Å². The van der Waals surface area contributed by atoms with E-state index >= 15 is 0 Å².